The van der Waals surface area contributed by atoms with E-state index < -0.39 is 15.7 Å². The second-order valence-corrected chi connectivity index (χ2v) is 5.73. The van der Waals surface area contributed by atoms with E-state index >= 15 is 0 Å². The monoisotopic (exact) mass is 306 g/mol. The Bertz CT molecular complexity index is 658. The van der Waals surface area contributed by atoms with Gasteiger partial charge in [0, 0.05) is 11.8 Å². The largest absolute Gasteiger partial charge is 0.493 e. The molecule has 0 amide bonds. The lowest BCUT2D eigenvalue weighted by atomic mass is 10.3. The minimum atomic E-state index is -1.48. The molecular weight excluding hydrogens is 292 g/mol. The Kier molecular flexibility index (Phi) is 4.89. The van der Waals surface area contributed by atoms with Gasteiger partial charge in [0.2, 0.25) is 0 Å². The molecule has 0 saturated heterocycles. The van der Waals surface area contributed by atoms with Crippen molar-refractivity contribution in [3.63, 3.8) is 0 Å². The molecule has 0 aromatic heterocycles. The van der Waals surface area contributed by atoms with Gasteiger partial charge >= 0.3 is 0 Å². The van der Waals surface area contributed by atoms with E-state index in [1.54, 1.807) is 36.4 Å². The summed E-state index contributed by atoms with van der Waals surface area (Å²) in [6.07, 6.45) is 0. The van der Waals surface area contributed by atoms with Crippen LogP contribution in [-0.4, -0.2) is 21.5 Å². The minimum absolute atomic E-state index is 0.136. The normalized spacial score (nSPS) is 11.8. The highest BCUT2D eigenvalue weighted by Crippen LogP contribution is 2.21. The molecule has 2 N–H and O–H groups in total. The van der Waals surface area contributed by atoms with Crippen molar-refractivity contribution >= 4 is 22.2 Å². The molecule has 2 rings (SSSR count). The molecule has 1 atom stereocenters. The van der Waals surface area contributed by atoms with Gasteiger partial charge in [-0.15, -0.1) is 0 Å². The fraction of sp³-hybridized carbons (Fsp3) is 0.143. The number of anilines is 1. The van der Waals surface area contributed by atoms with Gasteiger partial charge < -0.3 is 10.5 Å². The van der Waals surface area contributed by atoms with Crippen molar-refractivity contribution in [1.29, 1.82) is 0 Å². The zero-order chi connectivity index (χ0) is 15.2. The first-order valence-corrected chi connectivity index (χ1v) is 7.50. The van der Waals surface area contributed by atoms with E-state index in [2.05, 4.69) is 0 Å². The molecular formula is C14H14N2O4S. The number of hydrogen-bond donors (Lipinski definition) is 1. The van der Waals surface area contributed by atoms with Gasteiger partial charge in [-0.05, 0) is 30.3 Å². The average molecular weight is 306 g/mol. The summed E-state index contributed by atoms with van der Waals surface area (Å²) in [5, 5.41) is 10.9. The average Bonchev–Trinajstić information content (AvgIpc) is 2.49. The highest BCUT2D eigenvalue weighted by molar-refractivity contribution is 7.85. The van der Waals surface area contributed by atoms with Crippen molar-refractivity contribution in [2.45, 2.75) is 4.90 Å². The van der Waals surface area contributed by atoms with E-state index in [0.717, 1.165) is 0 Å². The molecule has 2 aromatic carbocycles. The highest BCUT2D eigenvalue weighted by Gasteiger charge is 2.17. The van der Waals surface area contributed by atoms with E-state index in [1.165, 1.54) is 12.1 Å². The van der Waals surface area contributed by atoms with Gasteiger partial charge in [0.15, 0.2) is 0 Å². The second-order valence-electron chi connectivity index (χ2n) is 4.19. The summed E-state index contributed by atoms with van der Waals surface area (Å²) >= 11 is 0. The summed E-state index contributed by atoms with van der Waals surface area (Å²) in [6.45, 7) is 0.197. The van der Waals surface area contributed by atoms with Crippen LogP contribution in [0.4, 0.5) is 11.4 Å². The molecule has 0 heterocycles. The van der Waals surface area contributed by atoms with Crippen LogP contribution in [0.15, 0.2) is 53.4 Å². The number of nitrogen functional groups attached to an aromatic ring is 1. The molecule has 21 heavy (non-hydrogen) atoms. The highest BCUT2D eigenvalue weighted by atomic mass is 32.2. The molecule has 2 aromatic rings. The molecule has 0 radical (unpaired) electrons. The van der Waals surface area contributed by atoms with Crippen LogP contribution < -0.4 is 10.5 Å². The third-order valence-corrected chi connectivity index (χ3v) is 4.10. The fourth-order valence-corrected chi connectivity index (χ4v) is 2.77. The number of nitro groups is 1. The topological polar surface area (TPSA) is 95.5 Å². The first kappa shape index (κ1) is 15.0. The standard InChI is InChI=1S/C14H14N2O4S/c15-11-5-7-12(8-6-11)20-9-10-21(19)14-4-2-1-3-13(14)16(17)18/h1-8H,9-10,15H2. The maximum Gasteiger partial charge on any atom is 0.285 e. The molecule has 0 aliphatic rings. The smallest absolute Gasteiger partial charge is 0.285 e. The van der Waals surface area contributed by atoms with Crippen LogP contribution in [0.3, 0.4) is 0 Å². The van der Waals surface area contributed by atoms with Crippen molar-refractivity contribution in [3.05, 3.63) is 58.6 Å². The van der Waals surface area contributed by atoms with Gasteiger partial charge in [0.1, 0.15) is 17.3 Å². The summed E-state index contributed by atoms with van der Waals surface area (Å²) in [4.78, 5) is 10.6. The van der Waals surface area contributed by atoms with Gasteiger partial charge in [-0.1, -0.05) is 12.1 Å². The van der Waals surface area contributed by atoms with E-state index in [0.29, 0.717) is 11.4 Å². The molecule has 0 fully saturated rings. The van der Waals surface area contributed by atoms with Gasteiger partial charge in [0.05, 0.1) is 21.5 Å². The van der Waals surface area contributed by atoms with Gasteiger partial charge in [-0.3, -0.25) is 14.3 Å². The predicted molar refractivity (Wildman–Crippen MR) is 80.7 cm³/mol. The molecule has 110 valence electrons. The molecule has 0 bridgehead atoms. The van der Waals surface area contributed by atoms with Crippen LogP contribution in [0.2, 0.25) is 0 Å². The SMILES string of the molecule is Nc1ccc(OCCS(=O)c2ccccc2[N+](=O)[O-])cc1. The number of nitrogens with zero attached hydrogens (tertiary/aromatic N) is 1. The molecule has 6 nitrogen and oxygen atoms in total. The number of para-hydroxylation sites is 1. The quantitative estimate of drug-likeness (QED) is 0.502. The van der Waals surface area contributed by atoms with Gasteiger partial charge in [0.25, 0.3) is 5.69 Å². The zero-order valence-electron chi connectivity index (χ0n) is 11.1. The van der Waals surface area contributed by atoms with E-state index in [4.69, 9.17) is 10.5 Å². The first-order valence-electron chi connectivity index (χ1n) is 6.18. The van der Waals surface area contributed by atoms with Crippen molar-refractivity contribution in [1.82, 2.24) is 0 Å². The van der Waals surface area contributed by atoms with Crippen LogP contribution in [0.25, 0.3) is 0 Å². The number of nitro benzene ring substituents is 1. The van der Waals surface area contributed by atoms with E-state index in [1.807, 2.05) is 0 Å². The van der Waals surface area contributed by atoms with Crippen molar-refractivity contribution < 1.29 is 13.9 Å². The Hall–Kier alpha value is -2.41. The number of ether oxygens (including phenoxy) is 1. The van der Waals surface area contributed by atoms with Gasteiger partial charge in [-0.25, -0.2) is 0 Å². The maximum atomic E-state index is 12.1. The lowest BCUT2D eigenvalue weighted by Crippen LogP contribution is -2.10. The van der Waals surface area contributed by atoms with Crippen LogP contribution in [0.5, 0.6) is 5.75 Å². The minimum Gasteiger partial charge on any atom is -0.493 e. The molecule has 0 aliphatic heterocycles. The van der Waals surface area contributed by atoms with Gasteiger partial charge in [-0.2, -0.15) is 0 Å². The van der Waals surface area contributed by atoms with Crippen molar-refractivity contribution in [2.24, 2.45) is 0 Å². The lowest BCUT2D eigenvalue weighted by molar-refractivity contribution is -0.387. The Morgan fingerprint density at radius 1 is 1.14 bits per heavy atom. The Labute approximate surface area is 124 Å². The number of hydrogen-bond acceptors (Lipinski definition) is 5. The summed E-state index contributed by atoms with van der Waals surface area (Å²) < 4.78 is 17.6. The summed E-state index contributed by atoms with van der Waals surface area (Å²) in [5.74, 6) is 0.790. The Balaban J connectivity index is 1.96. The molecule has 0 spiro atoms. The van der Waals surface area contributed by atoms with E-state index in [9.17, 15) is 14.3 Å². The maximum absolute atomic E-state index is 12.1. The first-order chi connectivity index (χ1) is 10.1. The summed E-state index contributed by atoms with van der Waals surface area (Å²) in [6, 6.07) is 12.8. The van der Waals surface area contributed by atoms with Crippen LogP contribution in [0, 0.1) is 10.1 Å². The van der Waals surface area contributed by atoms with Crippen molar-refractivity contribution in [2.75, 3.05) is 18.1 Å². The molecule has 0 aliphatic carbocycles. The summed E-state index contributed by atoms with van der Waals surface area (Å²) in [5.41, 5.74) is 6.05. The van der Waals surface area contributed by atoms with Crippen LogP contribution >= 0.6 is 0 Å². The number of nitrogens with two attached hydrogens (primary N) is 1. The molecule has 0 saturated carbocycles. The number of rotatable bonds is 6. The predicted octanol–water partition coefficient (Wildman–Crippen LogP) is 2.36. The lowest BCUT2D eigenvalue weighted by Gasteiger charge is -2.07. The third-order valence-electron chi connectivity index (χ3n) is 2.72. The fourth-order valence-electron chi connectivity index (χ4n) is 1.71. The number of benzene rings is 2. The summed E-state index contributed by atoms with van der Waals surface area (Å²) in [7, 11) is -1.48. The zero-order valence-corrected chi connectivity index (χ0v) is 11.9. The van der Waals surface area contributed by atoms with Crippen molar-refractivity contribution in [3.8, 4) is 5.75 Å². The van der Waals surface area contributed by atoms with Crippen LogP contribution in [-0.2, 0) is 10.8 Å². The third kappa shape index (κ3) is 4.03. The van der Waals surface area contributed by atoms with Crippen LogP contribution in [0.1, 0.15) is 0 Å². The van der Waals surface area contributed by atoms with E-state index in [-0.39, 0.29) is 22.9 Å². The molecule has 7 heteroatoms. The second kappa shape index (κ2) is 6.85. The Morgan fingerprint density at radius 3 is 2.48 bits per heavy atom. The molecule has 1 unspecified atom stereocenters. The Morgan fingerprint density at radius 2 is 1.81 bits per heavy atom.